The molecule has 1 atom stereocenters. The fourth-order valence-electron chi connectivity index (χ4n) is 4.09. The lowest BCUT2D eigenvalue weighted by molar-refractivity contribution is 0.0936. The number of rotatable bonds is 5. The monoisotopic (exact) mass is 429 g/mol. The van der Waals surface area contributed by atoms with Crippen molar-refractivity contribution in [2.24, 2.45) is 0 Å². The van der Waals surface area contributed by atoms with Crippen LogP contribution in [0.4, 0.5) is 0 Å². The predicted molar refractivity (Wildman–Crippen MR) is 121 cm³/mol. The first-order valence-corrected chi connectivity index (χ1v) is 11.3. The van der Waals surface area contributed by atoms with Gasteiger partial charge in [0.15, 0.2) is 0 Å². The van der Waals surface area contributed by atoms with Gasteiger partial charge in [0.2, 0.25) is 0 Å². The lowest BCUT2D eigenvalue weighted by atomic mass is 9.93. The van der Waals surface area contributed by atoms with E-state index in [1.165, 1.54) is 22.6 Å². The van der Waals surface area contributed by atoms with Gasteiger partial charge in [0.1, 0.15) is 9.88 Å². The Balaban J connectivity index is 1.35. The maximum Gasteiger partial charge on any atom is 0.263 e. The number of thiazole rings is 1. The molecule has 1 amide bonds. The van der Waals surface area contributed by atoms with E-state index in [4.69, 9.17) is 0 Å². The van der Waals surface area contributed by atoms with Crippen molar-refractivity contribution in [1.29, 1.82) is 0 Å². The highest BCUT2D eigenvalue weighted by Gasteiger charge is 2.27. The van der Waals surface area contributed by atoms with Crippen LogP contribution in [0.3, 0.4) is 0 Å². The van der Waals surface area contributed by atoms with Gasteiger partial charge in [0.05, 0.1) is 30.2 Å². The third-order valence-corrected chi connectivity index (χ3v) is 6.81. The molecule has 0 fully saturated rings. The summed E-state index contributed by atoms with van der Waals surface area (Å²) in [6.45, 7) is 2.63. The average Bonchev–Trinajstić information content (AvgIpc) is 3.39. The van der Waals surface area contributed by atoms with Gasteiger partial charge in [-0.15, -0.1) is 11.3 Å². The van der Waals surface area contributed by atoms with Crippen LogP contribution < -0.4 is 5.32 Å². The number of carbonyl (C=O) groups excluding carboxylic acids is 1. The van der Waals surface area contributed by atoms with E-state index >= 15 is 0 Å². The quantitative estimate of drug-likeness (QED) is 0.505. The smallest absolute Gasteiger partial charge is 0.263 e. The van der Waals surface area contributed by atoms with Gasteiger partial charge >= 0.3 is 0 Å². The molecular formula is C24H23N5OS. The first-order chi connectivity index (χ1) is 15.2. The molecule has 0 spiro atoms. The standard InChI is InChI=1S/C24H23N5OS/c1-16-22(31-24(27-16)20-10-5-6-13-25-20)23(30)28-19-11-7-12-21-18(19)14-26-29(21)15-17-8-3-2-4-9-17/h2-6,8-10,13-14,19H,7,11-12,15H2,1H3,(H,28,30). The number of aromatic nitrogens is 4. The van der Waals surface area contributed by atoms with Gasteiger partial charge in [-0.3, -0.25) is 14.5 Å². The normalized spacial score (nSPS) is 15.5. The van der Waals surface area contributed by atoms with Crippen molar-refractivity contribution >= 4 is 17.2 Å². The third kappa shape index (κ3) is 4.01. The molecule has 7 heteroatoms. The van der Waals surface area contributed by atoms with Crippen molar-refractivity contribution in [2.75, 3.05) is 0 Å². The van der Waals surface area contributed by atoms with Gasteiger partial charge in [-0.05, 0) is 43.9 Å². The summed E-state index contributed by atoms with van der Waals surface area (Å²) in [7, 11) is 0. The molecule has 0 aliphatic heterocycles. The Hall–Kier alpha value is -3.32. The molecule has 1 aliphatic rings. The third-order valence-electron chi connectivity index (χ3n) is 5.63. The zero-order chi connectivity index (χ0) is 21.2. The predicted octanol–water partition coefficient (Wildman–Crippen LogP) is 4.57. The molecular weight excluding hydrogens is 406 g/mol. The van der Waals surface area contributed by atoms with Crippen molar-refractivity contribution in [3.63, 3.8) is 0 Å². The summed E-state index contributed by atoms with van der Waals surface area (Å²) in [4.78, 5) is 22.7. The van der Waals surface area contributed by atoms with E-state index in [2.05, 4.69) is 37.2 Å². The molecule has 6 nitrogen and oxygen atoms in total. The summed E-state index contributed by atoms with van der Waals surface area (Å²) in [6, 6.07) is 16.0. The summed E-state index contributed by atoms with van der Waals surface area (Å²) < 4.78 is 2.07. The summed E-state index contributed by atoms with van der Waals surface area (Å²) in [5, 5.41) is 8.63. The summed E-state index contributed by atoms with van der Waals surface area (Å²) in [5.74, 6) is -0.0779. The molecule has 3 aromatic heterocycles. The highest BCUT2D eigenvalue weighted by Crippen LogP contribution is 2.32. The molecule has 156 valence electrons. The van der Waals surface area contributed by atoms with Gasteiger partial charge < -0.3 is 5.32 Å². The number of nitrogens with zero attached hydrogens (tertiary/aromatic N) is 4. The van der Waals surface area contributed by atoms with Crippen molar-refractivity contribution in [3.05, 3.63) is 88.3 Å². The Morgan fingerprint density at radius 1 is 1.19 bits per heavy atom. The van der Waals surface area contributed by atoms with Crippen LogP contribution in [0.15, 0.2) is 60.9 Å². The van der Waals surface area contributed by atoms with Crippen LogP contribution in [0.2, 0.25) is 0 Å². The van der Waals surface area contributed by atoms with Gasteiger partial charge in [-0.1, -0.05) is 36.4 Å². The Bertz CT molecular complexity index is 1200. The van der Waals surface area contributed by atoms with E-state index in [1.807, 2.05) is 49.5 Å². The SMILES string of the molecule is Cc1nc(-c2ccccn2)sc1C(=O)NC1CCCc2c1cnn2Cc1ccccc1. The largest absolute Gasteiger partial charge is 0.344 e. The number of hydrogen-bond acceptors (Lipinski definition) is 5. The number of carbonyl (C=O) groups is 1. The molecule has 0 saturated carbocycles. The minimum absolute atomic E-state index is 0.0272. The molecule has 3 heterocycles. The maximum absolute atomic E-state index is 13.1. The molecule has 1 N–H and O–H groups in total. The van der Waals surface area contributed by atoms with Crippen LogP contribution in [0.1, 0.15) is 51.1 Å². The van der Waals surface area contributed by atoms with Crippen molar-refractivity contribution in [1.82, 2.24) is 25.1 Å². The van der Waals surface area contributed by atoms with E-state index in [1.54, 1.807) is 6.20 Å². The summed E-state index contributed by atoms with van der Waals surface area (Å²) >= 11 is 1.39. The summed E-state index contributed by atoms with van der Waals surface area (Å²) in [5.41, 5.74) is 5.09. The number of benzene rings is 1. The van der Waals surface area contributed by atoms with Crippen LogP contribution in [-0.4, -0.2) is 25.7 Å². The highest BCUT2D eigenvalue weighted by atomic mass is 32.1. The molecule has 0 radical (unpaired) electrons. The highest BCUT2D eigenvalue weighted by molar-refractivity contribution is 7.17. The van der Waals surface area contributed by atoms with Crippen LogP contribution in [0.25, 0.3) is 10.7 Å². The molecule has 1 aromatic carbocycles. The van der Waals surface area contributed by atoms with Gasteiger partial charge in [-0.25, -0.2) is 4.98 Å². The second kappa shape index (κ2) is 8.43. The number of nitrogens with one attached hydrogen (secondary N) is 1. The number of amides is 1. The minimum Gasteiger partial charge on any atom is -0.344 e. The Kier molecular flexibility index (Phi) is 5.34. The van der Waals surface area contributed by atoms with Gasteiger partial charge in [0.25, 0.3) is 5.91 Å². The van der Waals surface area contributed by atoms with Crippen molar-refractivity contribution < 1.29 is 4.79 Å². The van der Waals surface area contributed by atoms with E-state index in [0.29, 0.717) is 4.88 Å². The van der Waals surface area contributed by atoms with Crippen LogP contribution in [0, 0.1) is 6.92 Å². The molecule has 0 saturated heterocycles. The van der Waals surface area contributed by atoms with Crippen LogP contribution in [0.5, 0.6) is 0 Å². The number of hydrogen-bond donors (Lipinski definition) is 1. The number of fused-ring (bicyclic) bond motifs is 1. The zero-order valence-corrected chi connectivity index (χ0v) is 18.1. The van der Waals surface area contributed by atoms with E-state index in [-0.39, 0.29) is 11.9 Å². The molecule has 4 aromatic rings. The second-order valence-corrected chi connectivity index (χ2v) is 8.76. The lowest BCUT2D eigenvalue weighted by Gasteiger charge is -2.24. The summed E-state index contributed by atoms with van der Waals surface area (Å²) in [6.07, 6.45) is 6.58. The first-order valence-electron chi connectivity index (χ1n) is 10.5. The molecule has 31 heavy (non-hydrogen) atoms. The number of pyridine rings is 1. The topological polar surface area (TPSA) is 72.7 Å². The van der Waals surface area contributed by atoms with Crippen LogP contribution in [-0.2, 0) is 13.0 Å². The van der Waals surface area contributed by atoms with Gasteiger partial charge in [-0.2, -0.15) is 5.10 Å². The van der Waals surface area contributed by atoms with Crippen molar-refractivity contribution in [3.8, 4) is 10.7 Å². The fourth-order valence-corrected chi connectivity index (χ4v) is 5.04. The van der Waals surface area contributed by atoms with E-state index in [0.717, 1.165) is 47.8 Å². The fraction of sp³-hybridized carbons (Fsp3) is 0.250. The minimum atomic E-state index is -0.0779. The van der Waals surface area contributed by atoms with E-state index < -0.39 is 0 Å². The lowest BCUT2D eigenvalue weighted by Crippen LogP contribution is -2.31. The average molecular weight is 430 g/mol. The molecule has 1 aliphatic carbocycles. The number of aryl methyl sites for hydroxylation is 1. The Labute approximate surface area is 185 Å². The molecule has 0 bridgehead atoms. The zero-order valence-electron chi connectivity index (χ0n) is 17.3. The second-order valence-electron chi connectivity index (χ2n) is 7.76. The first kappa shape index (κ1) is 19.6. The van der Waals surface area contributed by atoms with Crippen LogP contribution >= 0.6 is 11.3 Å². The Morgan fingerprint density at radius 2 is 2.03 bits per heavy atom. The maximum atomic E-state index is 13.1. The molecule has 5 rings (SSSR count). The van der Waals surface area contributed by atoms with Crippen molar-refractivity contribution in [2.45, 2.75) is 38.8 Å². The van der Waals surface area contributed by atoms with E-state index in [9.17, 15) is 4.79 Å². The molecule has 1 unspecified atom stereocenters. The van der Waals surface area contributed by atoms with Gasteiger partial charge in [0, 0.05) is 17.5 Å². The Morgan fingerprint density at radius 3 is 2.84 bits per heavy atom.